The minimum Gasteiger partial charge on any atom is -0.497 e. The van der Waals surface area contributed by atoms with E-state index in [0.29, 0.717) is 12.2 Å². The maximum Gasteiger partial charge on any atom is 0.242 e. The number of carbonyl (C=O) groups excluding carboxylic acids is 1. The van der Waals surface area contributed by atoms with Gasteiger partial charge in [0.2, 0.25) is 5.91 Å². The number of hydrogen-bond acceptors (Lipinski definition) is 3. The van der Waals surface area contributed by atoms with Crippen molar-refractivity contribution in [2.45, 2.75) is 20.3 Å². The maximum absolute atomic E-state index is 12.4. The highest BCUT2D eigenvalue weighted by molar-refractivity contribution is 5.95. The number of aryl methyl sites for hydroxylation is 1. The Labute approximate surface area is 136 Å². The van der Waals surface area contributed by atoms with Crippen LogP contribution in [0, 0.1) is 31.1 Å². The topological polar surface area (TPSA) is 62.1 Å². The van der Waals surface area contributed by atoms with Crippen molar-refractivity contribution in [3.8, 4) is 11.8 Å². The van der Waals surface area contributed by atoms with Gasteiger partial charge in [0.25, 0.3) is 0 Å². The van der Waals surface area contributed by atoms with Crippen LogP contribution in [0.25, 0.3) is 0 Å². The third-order valence-electron chi connectivity index (χ3n) is 3.91. The molecule has 0 radical (unpaired) electrons. The van der Waals surface area contributed by atoms with E-state index in [1.54, 1.807) is 7.11 Å². The molecule has 0 bridgehead atoms. The second-order valence-corrected chi connectivity index (χ2v) is 5.47. The Morgan fingerprint density at radius 3 is 2.70 bits per heavy atom. The molecule has 4 nitrogen and oxygen atoms in total. The van der Waals surface area contributed by atoms with Gasteiger partial charge in [0.05, 0.1) is 13.2 Å². The van der Waals surface area contributed by atoms with Crippen LogP contribution in [0.5, 0.6) is 5.75 Å². The van der Waals surface area contributed by atoms with Crippen molar-refractivity contribution < 1.29 is 9.53 Å². The largest absolute Gasteiger partial charge is 0.497 e. The van der Waals surface area contributed by atoms with Gasteiger partial charge in [-0.15, -0.1) is 0 Å². The Bertz CT molecular complexity index is 747. The zero-order chi connectivity index (χ0) is 16.8. The molecule has 2 aromatic carbocycles. The van der Waals surface area contributed by atoms with Gasteiger partial charge < -0.3 is 10.1 Å². The van der Waals surface area contributed by atoms with Crippen LogP contribution in [0.3, 0.4) is 0 Å². The van der Waals surface area contributed by atoms with E-state index in [9.17, 15) is 10.1 Å². The summed E-state index contributed by atoms with van der Waals surface area (Å²) < 4.78 is 5.17. The van der Waals surface area contributed by atoms with Gasteiger partial charge in [-0.1, -0.05) is 24.3 Å². The summed E-state index contributed by atoms with van der Waals surface area (Å²) in [6, 6.07) is 15.2. The number of anilines is 1. The first-order chi connectivity index (χ1) is 11.0. The molecule has 0 unspecified atom stereocenters. The normalized spacial score (nSPS) is 11.4. The summed E-state index contributed by atoms with van der Waals surface area (Å²) in [6.07, 6.45) is 0.352. The zero-order valence-electron chi connectivity index (χ0n) is 13.6. The van der Waals surface area contributed by atoms with Crippen molar-refractivity contribution in [2.24, 2.45) is 5.92 Å². The summed E-state index contributed by atoms with van der Waals surface area (Å²) in [7, 11) is 1.59. The number of nitrogens with zero attached hydrogens (tertiary/aromatic N) is 1. The molecule has 0 aliphatic rings. The van der Waals surface area contributed by atoms with Crippen LogP contribution in [-0.2, 0) is 11.2 Å². The molecule has 2 aromatic rings. The Kier molecular flexibility index (Phi) is 5.37. The number of benzene rings is 2. The first-order valence-electron chi connectivity index (χ1n) is 7.44. The lowest BCUT2D eigenvalue weighted by Gasteiger charge is -2.13. The summed E-state index contributed by atoms with van der Waals surface area (Å²) in [5.74, 6) is -0.319. The van der Waals surface area contributed by atoms with Gasteiger partial charge in [0.15, 0.2) is 0 Å². The maximum atomic E-state index is 12.4. The van der Waals surface area contributed by atoms with E-state index in [0.717, 1.165) is 22.4 Å². The summed E-state index contributed by atoms with van der Waals surface area (Å²) in [6.45, 7) is 3.94. The minimum absolute atomic E-state index is 0.288. The molecule has 2 rings (SSSR count). The summed E-state index contributed by atoms with van der Waals surface area (Å²) >= 11 is 0. The number of rotatable bonds is 5. The second-order valence-electron chi connectivity index (χ2n) is 5.47. The van der Waals surface area contributed by atoms with Crippen LogP contribution < -0.4 is 10.1 Å². The lowest BCUT2D eigenvalue weighted by Crippen LogP contribution is -2.24. The smallest absolute Gasteiger partial charge is 0.242 e. The molecule has 0 spiro atoms. The molecular formula is C19H20N2O2. The average Bonchev–Trinajstić information content (AvgIpc) is 2.57. The van der Waals surface area contributed by atoms with Crippen molar-refractivity contribution in [2.75, 3.05) is 12.4 Å². The van der Waals surface area contributed by atoms with Crippen LogP contribution in [0.4, 0.5) is 5.69 Å². The number of ether oxygens (including phenoxy) is 1. The number of methoxy groups -OCH3 is 1. The van der Waals surface area contributed by atoms with E-state index in [1.807, 2.05) is 56.3 Å². The van der Waals surface area contributed by atoms with E-state index >= 15 is 0 Å². The third-order valence-corrected chi connectivity index (χ3v) is 3.91. The van der Waals surface area contributed by atoms with E-state index < -0.39 is 5.92 Å². The highest BCUT2D eigenvalue weighted by atomic mass is 16.5. The minimum atomic E-state index is -0.748. The highest BCUT2D eigenvalue weighted by Gasteiger charge is 2.19. The fourth-order valence-electron chi connectivity index (χ4n) is 2.34. The van der Waals surface area contributed by atoms with Gasteiger partial charge in [-0.3, -0.25) is 4.79 Å². The molecule has 0 heterocycles. The number of amides is 1. The zero-order valence-corrected chi connectivity index (χ0v) is 13.6. The fraction of sp³-hybridized carbons (Fsp3) is 0.263. The molecule has 0 fully saturated rings. The molecule has 0 saturated carbocycles. The number of carbonyl (C=O) groups is 1. The third kappa shape index (κ3) is 4.10. The van der Waals surface area contributed by atoms with Crippen molar-refractivity contribution >= 4 is 11.6 Å². The molecule has 1 atom stereocenters. The first kappa shape index (κ1) is 16.6. The Hall–Kier alpha value is -2.80. The average molecular weight is 308 g/mol. The molecule has 0 saturated heterocycles. The molecule has 118 valence electrons. The summed E-state index contributed by atoms with van der Waals surface area (Å²) in [5.41, 5.74) is 3.76. The fourth-order valence-corrected chi connectivity index (χ4v) is 2.34. The molecule has 23 heavy (non-hydrogen) atoms. The Balaban J connectivity index is 2.12. The number of nitrogens with one attached hydrogen (secondary N) is 1. The molecule has 1 N–H and O–H groups in total. The molecule has 0 aromatic heterocycles. The van der Waals surface area contributed by atoms with Crippen molar-refractivity contribution in [1.82, 2.24) is 0 Å². The van der Waals surface area contributed by atoms with E-state index in [-0.39, 0.29) is 5.91 Å². The summed E-state index contributed by atoms with van der Waals surface area (Å²) in [4.78, 5) is 12.4. The van der Waals surface area contributed by atoms with Crippen molar-refractivity contribution in [3.63, 3.8) is 0 Å². The predicted molar refractivity (Wildman–Crippen MR) is 90.3 cm³/mol. The van der Waals surface area contributed by atoms with Gasteiger partial charge in [0.1, 0.15) is 11.7 Å². The Morgan fingerprint density at radius 2 is 2.00 bits per heavy atom. The predicted octanol–water partition coefficient (Wildman–Crippen LogP) is 3.63. The van der Waals surface area contributed by atoms with Crippen molar-refractivity contribution in [3.05, 3.63) is 59.2 Å². The van der Waals surface area contributed by atoms with E-state index in [4.69, 9.17) is 4.74 Å². The Morgan fingerprint density at radius 1 is 1.26 bits per heavy atom. The SMILES string of the molecule is COc1cccc(C[C@H](C#N)C(=O)Nc2cccc(C)c2C)c1. The van der Waals surface area contributed by atoms with E-state index in [1.165, 1.54) is 0 Å². The lowest BCUT2D eigenvalue weighted by atomic mass is 9.99. The second kappa shape index (κ2) is 7.46. The number of hydrogen-bond donors (Lipinski definition) is 1. The standard InChI is InChI=1S/C19H20N2O2/c1-13-6-4-9-18(14(13)2)21-19(22)16(12-20)10-15-7-5-8-17(11-15)23-3/h4-9,11,16H,10H2,1-3H3,(H,21,22)/t16-/m1/s1. The molecule has 1 amide bonds. The molecular weight excluding hydrogens is 288 g/mol. The van der Waals surface area contributed by atoms with Crippen LogP contribution in [0.2, 0.25) is 0 Å². The van der Waals surface area contributed by atoms with Gasteiger partial charge in [-0.25, -0.2) is 0 Å². The van der Waals surface area contributed by atoms with E-state index in [2.05, 4.69) is 11.4 Å². The van der Waals surface area contributed by atoms with Crippen LogP contribution in [0.1, 0.15) is 16.7 Å². The molecule has 4 heteroatoms. The molecule has 0 aliphatic carbocycles. The molecule has 0 aliphatic heterocycles. The summed E-state index contributed by atoms with van der Waals surface area (Å²) in [5, 5.41) is 12.2. The monoisotopic (exact) mass is 308 g/mol. The highest BCUT2D eigenvalue weighted by Crippen LogP contribution is 2.20. The van der Waals surface area contributed by atoms with Crippen LogP contribution in [-0.4, -0.2) is 13.0 Å². The quantitative estimate of drug-likeness (QED) is 0.917. The van der Waals surface area contributed by atoms with Gasteiger partial charge >= 0.3 is 0 Å². The van der Waals surface area contributed by atoms with Crippen molar-refractivity contribution in [1.29, 1.82) is 5.26 Å². The first-order valence-corrected chi connectivity index (χ1v) is 7.44. The van der Waals surface area contributed by atoms with Gasteiger partial charge in [0, 0.05) is 5.69 Å². The van der Waals surface area contributed by atoms with Crippen LogP contribution in [0.15, 0.2) is 42.5 Å². The van der Waals surface area contributed by atoms with Gasteiger partial charge in [-0.05, 0) is 55.2 Å². The van der Waals surface area contributed by atoms with Gasteiger partial charge in [-0.2, -0.15) is 5.26 Å². The number of nitriles is 1. The lowest BCUT2D eigenvalue weighted by molar-refractivity contribution is -0.118. The van der Waals surface area contributed by atoms with Crippen LogP contribution >= 0.6 is 0 Å².